The van der Waals surface area contributed by atoms with Crippen molar-refractivity contribution < 1.29 is 0 Å². The Hall–Kier alpha value is -0.340. The molecule has 0 aliphatic heterocycles. The van der Waals surface area contributed by atoms with E-state index in [2.05, 4.69) is 17.5 Å². The van der Waals surface area contributed by atoms with E-state index in [1.165, 1.54) is 37.0 Å². The second kappa shape index (κ2) is 4.25. The summed E-state index contributed by atoms with van der Waals surface area (Å²) in [4.78, 5) is 1.35. The summed E-state index contributed by atoms with van der Waals surface area (Å²) in [6.45, 7) is 0. The normalized spacial score (nSPS) is 20.7. The van der Waals surface area contributed by atoms with E-state index in [1.54, 1.807) is 11.3 Å². The minimum Gasteiger partial charge on any atom is -0.323 e. The van der Waals surface area contributed by atoms with Gasteiger partial charge in [0.25, 0.3) is 0 Å². The molecule has 0 aromatic carbocycles. The van der Waals surface area contributed by atoms with Crippen LogP contribution in [0.1, 0.15) is 43.0 Å². The van der Waals surface area contributed by atoms with Crippen LogP contribution in [0.5, 0.6) is 0 Å². The molecule has 1 aliphatic rings. The molecule has 0 bridgehead atoms. The highest BCUT2D eigenvalue weighted by Crippen LogP contribution is 2.32. The summed E-state index contributed by atoms with van der Waals surface area (Å²) in [7, 11) is 0. The van der Waals surface area contributed by atoms with Crippen molar-refractivity contribution >= 4 is 11.3 Å². The fourth-order valence-corrected chi connectivity index (χ4v) is 2.97. The van der Waals surface area contributed by atoms with E-state index in [0.29, 0.717) is 6.04 Å². The molecule has 2 N–H and O–H groups in total. The Morgan fingerprint density at radius 1 is 1.46 bits per heavy atom. The van der Waals surface area contributed by atoms with E-state index in [0.717, 1.165) is 5.92 Å². The molecule has 2 rings (SSSR count). The molecule has 0 radical (unpaired) electrons. The van der Waals surface area contributed by atoms with Gasteiger partial charge in [-0.25, -0.2) is 0 Å². The van der Waals surface area contributed by atoms with Crippen LogP contribution in [0.4, 0.5) is 0 Å². The van der Waals surface area contributed by atoms with Gasteiger partial charge in [-0.05, 0) is 23.8 Å². The standard InChI is InChI=1S/C11H17NS/c12-10(11-6-3-7-13-11)8-9-4-1-2-5-9/h3,6-7,9-10H,1-2,4-5,8,12H2. The molecule has 1 heterocycles. The van der Waals surface area contributed by atoms with Crippen molar-refractivity contribution in [3.63, 3.8) is 0 Å². The first-order chi connectivity index (χ1) is 6.36. The highest BCUT2D eigenvalue weighted by atomic mass is 32.1. The Morgan fingerprint density at radius 2 is 2.23 bits per heavy atom. The lowest BCUT2D eigenvalue weighted by Gasteiger charge is -2.14. The van der Waals surface area contributed by atoms with Gasteiger partial charge in [-0.2, -0.15) is 0 Å². The van der Waals surface area contributed by atoms with Crippen molar-refractivity contribution in [2.75, 3.05) is 0 Å². The zero-order valence-electron chi connectivity index (χ0n) is 7.91. The number of rotatable bonds is 3. The van der Waals surface area contributed by atoms with Gasteiger partial charge in [-0.15, -0.1) is 11.3 Å². The molecule has 1 fully saturated rings. The predicted octanol–water partition coefficient (Wildman–Crippen LogP) is 3.33. The molecule has 1 aliphatic carbocycles. The second-order valence-corrected chi connectivity index (χ2v) is 4.99. The molecular formula is C11H17NS. The first-order valence-corrected chi connectivity index (χ1v) is 6.03. The van der Waals surface area contributed by atoms with Crippen LogP contribution in [0.2, 0.25) is 0 Å². The summed E-state index contributed by atoms with van der Waals surface area (Å²) in [5, 5.41) is 2.11. The molecule has 1 aromatic rings. The molecule has 0 spiro atoms. The van der Waals surface area contributed by atoms with Crippen molar-refractivity contribution in [2.24, 2.45) is 11.7 Å². The van der Waals surface area contributed by atoms with E-state index in [1.807, 2.05) is 0 Å². The lowest BCUT2D eigenvalue weighted by molar-refractivity contribution is 0.454. The zero-order valence-corrected chi connectivity index (χ0v) is 8.72. The Bertz CT molecular complexity index is 237. The van der Waals surface area contributed by atoms with Crippen molar-refractivity contribution in [3.05, 3.63) is 22.4 Å². The Kier molecular flexibility index (Phi) is 3.01. The van der Waals surface area contributed by atoms with Crippen LogP contribution in [-0.4, -0.2) is 0 Å². The van der Waals surface area contributed by atoms with Gasteiger partial charge in [0, 0.05) is 10.9 Å². The minimum absolute atomic E-state index is 0.295. The van der Waals surface area contributed by atoms with E-state index in [-0.39, 0.29) is 0 Å². The Morgan fingerprint density at radius 3 is 2.85 bits per heavy atom. The fraction of sp³-hybridized carbons (Fsp3) is 0.636. The van der Waals surface area contributed by atoms with Crippen LogP contribution in [-0.2, 0) is 0 Å². The van der Waals surface area contributed by atoms with Gasteiger partial charge in [0.05, 0.1) is 0 Å². The van der Waals surface area contributed by atoms with Gasteiger partial charge >= 0.3 is 0 Å². The van der Waals surface area contributed by atoms with Gasteiger partial charge in [-0.3, -0.25) is 0 Å². The SMILES string of the molecule is NC(CC1CCCC1)c1cccs1. The summed E-state index contributed by atoms with van der Waals surface area (Å²) in [5.74, 6) is 0.900. The van der Waals surface area contributed by atoms with E-state index < -0.39 is 0 Å². The number of hydrogen-bond donors (Lipinski definition) is 1. The summed E-state index contributed by atoms with van der Waals surface area (Å²) < 4.78 is 0. The van der Waals surface area contributed by atoms with Crippen molar-refractivity contribution in [1.29, 1.82) is 0 Å². The number of nitrogens with two attached hydrogens (primary N) is 1. The van der Waals surface area contributed by atoms with Crippen LogP contribution in [0.25, 0.3) is 0 Å². The largest absolute Gasteiger partial charge is 0.323 e. The van der Waals surface area contributed by atoms with Crippen molar-refractivity contribution in [2.45, 2.75) is 38.1 Å². The third kappa shape index (κ3) is 2.32. The van der Waals surface area contributed by atoms with Gasteiger partial charge in [0.1, 0.15) is 0 Å². The third-order valence-corrected chi connectivity index (χ3v) is 3.97. The molecular weight excluding hydrogens is 178 g/mol. The molecule has 13 heavy (non-hydrogen) atoms. The summed E-state index contributed by atoms with van der Waals surface area (Å²) in [6, 6.07) is 4.54. The first kappa shape index (κ1) is 9.22. The van der Waals surface area contributed by atoms with Gasteiger partial charge < -0.3 is 5.73 Å². The second-order valence-electron chi connectivity index (χ2n) is 4.01. The van der Waals surface area contributed by atoms with Crippen LogP contribution in [0.15, 0.2) is 17.5 Å². The fourth-order valence-electron chi connectivity index (χ4n) is 2.22. The number of thiophene rings is 1. The molecule has 2 heteroatoms. The van der Waals surface area contributed by atoms with Crippen molar-refractivity contribution in [3.8, 4) is 0 Å². The first-order valence-electron chi connectivity index (χ1n) is 5.15. The average Bonchev–Trinajstić information content (AvgIpc) is 2.74. The molecule has 1 saturated carbocycles. The average molecular weight is 195 g/mol. The Balaban J connectivity index is 1.87. The van der Waals surface area contributed by atoms with Gasteiger partial charge in [0.15, 0.2) is 0 Å². The van der Waals surface area contributed by atoms with Gasteiger partial charge in [0.2, 0.25) is 0 Å². The highest BCUT2D eigenvalue weighted by Gasteiger charge is 2.19. The summed E-state index contributed by atoms with van der Waals surface area (Å²) in [5.41, 5.74) is 6.13. The van der Waals surface area contributed by atoms with Crippen LogP contribution in [0.3, 0.4) is 0 Å². The molecule has 1 unspecified atom stereocenters. The molecule has 1 aromatic heterocycles. The monoisotopic (exact) mass is 195 g/mol. The lowest BCUT2D eigenvalue weighted by Crippen LogP contribution is -2.12. The topological polar surface area (TPSA) is 26.0 Å². The minimum atomic E-state index is 0.295. The highest BCUT2D eigenvalue weighted by molar-refractivity contribution is 7.10. The van der Waals surface area contributed by atoms with Gasteiger partial charge in [-0.1, -0.05) is 31.7 Å². The maximum absolute atomic E-state index is 6.13. The molecule has 0 amide bonds. The number of hydrogen-bond acceptors (Lipinski definition) is 2. The molecule has 72 valence electrons. The maximum atomic E-state index is 6.13. The molecule has 1 nitrogen and oxygen atoms in total. The predicted molar refractivity (Wildman–Crippen MR) is 57.8 cm³/mol. The summed E-state index contributed by atoms with van der Waals surface area (Å²) >= 11 is 1.79. The van der Waals surface area contributed by atoms with Crippen molar-refractivity contribution in [1.82, 2.24) is 0 Å². The van der Waals surface area contributed by atoms with Crippen LogP contribution < -0.4 is 5.73 Å². The Labute approximate surface area is 84.0 Å². The quantitative estimate of drug-likeness (QED) is 0.786. The zero-order chi connectivity index (χ0) is 9.10. The molecule has 1 atom stereocenters. The van der Waals surface area contributed by atoms with E-state index in [9.17, 15) is 0 Å². The van der Waals surface area contributed by atoms with E-state index in [4.69, 9.17) is 5.73 Å². The smallest absolute Gasteiger partial charge is 0.0392 e. The summed E-state index contributed by atoms with van der Waals surface area (Å²) in [6.07, 6.45) is 6.84. The van der Waals surface area contributed by atoms with Crippen LogP contribution in [0, 0.1) is 5.92 Å². The van der Waals surface area contributed by atoms with Crippen LogP contribution >= 0.6 is 11.3 Å². The lowest BCUT2D eigenvalue weighted by atomic mass is 9.98. The molecule has 0 saturated heterocycles. The third-order valence-electron chi connectivity index (χ3n) is 2.97. The van der Waals surface area contributed by atoms with E-state index >= 15 is 0 Å². The maximum Gasteiger partial charge on any atom is 0.0392 e.